The SMILES string of the molecule is CC1CCCN(C(=O)CS(=O)(=O)C2CCCC2)C1CN. The zero-order valence-electron chi connectivity index (χ0n) is 12.3. The summed E-state index contributed by atoms with van der Waals surface area (Å²) in [5, 5.41) is -0.301. The van der Waals surface area contributed by atoms with Crippen LogP contribution in [-0.2, 0) is 14.6 Å². The van der Waals surface area contributed by atoms with Crippen molar-refractivity contribution in [1.29, 1.82) is 0 Å². The van der Waals surface area contributed by atoms with Gasteiger partial charge in [0.1, 0.15) is 5.75 Å². The Morgan fingerprint density at radius 2 is 1.85 bits per heavy atom. The van der Waals surface area contributed by atoms with Crippen molar-refractivity contribution in [3.63, 3.8) is 0 Å². The van der Waals surface area contributed by atoms with Gasteiger partial charge in [-0.3, -0.25) is 4.79 Å². The van der Waals surface area contributed by atoms with Gasteiger partial charge in [-0.25, -0.2) is 8.42 Å². The molecule has 0 spiro atoms. The highest BCUT2D eigenvalue weighted by Gasteiger charge is 2.36. The molecule has 2 rings (SSSR count). The predicted octanol–water partition coefficient (Wildman–Crippen LogP) is 0.930. The van der Waals surface area contributed by atoms with E-state index in [2.05, 4.69) is 6.92 Å². The van der Waals surface area contributed by atoms with Crippen LogP contribution in [0.2, 0.25) is 0 Å². The third-order valence-corrected chi connectivity index (χ3v) is 6.95. The summed E-state index contributed by atoms with van der Waals surface area (Å²) in [5.41, 5.74) is 5.76. The first kappa shape index (κ1) is 15.8. The van der Waals surface area contributed by atoms with Crippen LogP contribution in [0.25, 0.3) is 0 Å². The minimum Gasteiger partial charge on any atom is -0.337 e. The second-order valence-corrected chi connectivity index (χ2v) is 8.50. The van der Waals surface area contributed by atoms with Gasteiger partial charge in [0, 0.05) is 19.1 Å². The van der Waals surface area contributed by atoms with Gasteiger partial charge in [0.2, 0.25) is 5.91 Å². The molecule has 2 aliphatic rings. The third-order valence-electron chi connectivity index (χ3n) is 4.81. The summed E-state index contributed by atoms with van der Waals surface area (Å²) < 4.78 is 24.6. The van der Waals surface area contributed by atoms with Crippen molar-refractivity contribution in [2.24, 2.45) is 11.7 Å². The molecule has 0 radical (unpaired) electrons. The maximum atomic E-state index is 12.4. The molecule has 1 saturated heterocycles. The molecule has 0 aromatic rings. The van der Waals surface area contributed by atoms with Crippen LogP contribution in [-0.4, -0.2) is 49.4 Å². The molecule has 2 unspecified atom stereocenters. The maximum Gasteiger partial charge on any atom is 0.238 e. The standard InChI is InChI=1S/C14H26N2O3S/c1-11-5-4-8-16(13(11)9-15)14(17)10-20(18,19)12-6-2-3-7-12/h11-13H,2-10,15H2,1H3. The molecule has 20 heavy (non-hydrogen) atoms. The van der Waals surface area contributed by atoms with Crippen LogP contribution >= 0.6 is 0 Å². The average Bonchev–Trinajstić information content (AvgIpc) is 2.92. The largest absolute Gasteiger partial charge is 0.337 e. The Morgan fingerprint density at radius 3 is 2.45 bits per heavy atom. The fourth-order valence-corrected chi connectivity index (χ4v) is 5.34. The van der Waals surface area contributed by atoms with Crippen LogP contribution in [0.1, 0.15) is 45.4 Å². The van der Waals surface area contributed by atoms with Crippen LogP contribution < -0.4 is 5.73 Å². The number of nitrogens with two attached hydrogens (primary N) is 1. The van der Waals surface area contributed by atoms with E-state index in [9.17, 15) is 13.2 Å². The van der Waals surface area contributed by atoms with Gasteiger partial charge in [0.05, 0.1) is 5.25 Å². The Balaban J connectivity index is 2.03. The minimum absolute atomic E-state index is 0.00460. The quantitative estimate of drug-likeness (QED) is 0.837. The van der Waals surface area contributed by atoms with E-state index in [0.29, 0.717) is 31.8 Å². The summed E-state index contributed by atoms with van der Waals surface area (Å²) in [6.07, 6.45) is 5.35. The van der Waals surface area contributed by atoms with Gasteiger partial charge in [-0.1, -0.05) is 19.8 Å². The molecular formula is C14H26N2O3S. The van der Waals surface area contributed by atoms with Crippen molar-refractivity contribution in [3.05, 3.63) is 0 Å². The van der Waals surface area contributed by atoms with Crippen LogP contribution in [0.15, 0.2) is 0 Å². The van der Waals surface area contributed by atoms with Gasteiger partial charge in [0.25, 0.3) is 0 Å². The van der Waals surface area contributed by atoms with E-state index in [1.165, 1.54) is 0 Å². The van der Waals surface area contributed by atoms with Crippen molar-refractivity contribution in [1.82, 2.24) is 4.90 Å². The number of hydrogen-bond acceptors (Lipinski definition) is 4. The molecule has 5 nitrogen and oxygen atoms in total. The normalized spacial score (nSPS) is 28.8. The van der Waals surface area contributed by atoms with E-state index in [1.54, 1.807) is 4.90 Å². The molecule has 1 heterocycles. The van der Waals surface area contributed by atoms with Gasteiger partial charge < -0.3 is 10.6 Å². The number of carbonyl (C=O) groups is 1. The van der Waals surface area contributed by atoms with E-state index in [0.717, 1.165) is 25.7 Å². The summed E-state index contributed by atoms with van der Waals surface area (Å²) in [6.45, 7) is 3.14. The van der Waals surface area contributed by atoms with E-state index >= 15 is 0 Å². The lowest BCUT2D eigenvalue weighted by atomic mass is 9.91. The van der Waals surface area contributed by atoms with Gasteiger partial charge >= 0.3 is 0 Å². The number of amides is 1. The first-order chi connectivity index (χ1) is 9.45. The number of nitrogens with zero attached hydrogens (tertiary/aromatic N) is 1. The minimum atomic E-state index is -3.29. The van der Waals surface area contributed by atoms with E-state index in [4.69, 9.17) is 5.73 Å². The van der Waals surface area contributed by atoms with E-state index in [-0.39, 0.29) is 23.0 Å². The zero-order chi connectivity index (χ0) is 14.8. The number of rotatable bonds is 4. The predicted molar refractivity (Wildman–Crippen MR) is 79.0 cm³/mol. The summed E-state index contributed by atoms with van der Waals surface area (Å²) in [4.78, 5) is 14.1. The summed E-state index contributed by atoms with van der Waals surface area (Å²) in [6, 6.07) is -0.00460. The molecule has 116 valence electrons. The second-order valence-electron chi connectivity index (χ2n) is 6.22. The van der Waals surface area contributed by atoms with E-state index < -0.39 is 9.84 Å². The Morgan fingerprint density at radius 1 is 1.20 bits per heavy atom. The molecule has 0 bridgehead atoms. The number of carbonyl (C=O) groups excluding carboxylic acids is 1. The average molecular weight is 302 g/mol. The van der Waals surface area contributed by atoms with Crippen LogP contribution in [0.4, 0.5) is 0 Å². The Bertz CT molecular complexity index is 443. The van der Waals surface area contributed by atoms with Crippen molar-refractivity contribution in [3.8, 4) is 0 Å². The third kappa shape index (κ3) is 3.34. The fraction of sp³-hybridized carbons (Fsp3) is 0.929. The number of hydrogen-bond donors (Lipinski definition) is 1. The topological polar surface area (TPSA) is 80.5 Å². The Kier molecular flexibility index (Phi) is 5.07. The number of piperidine rings is 1. The molecule has 0 aromatic carbocycles. The Labute approximate surface area is 121 Å². The zero-order valence-corrected chi connectivity index (χ0v) is 13.1. The lowest BCUT2D eigenvalue weighted by molar-refractivity contribution is -0.133. The van der Waals surface area contributed by atoms with Gasteiger partial charge in [0.15, 0.2) is 9.84 Å². The van der Waals surface area contributed by atoms with Crippen molar-refractivity contribution < 1.29 is 13.2 Å². The molecule has 1 aliphatic carbocycles. The molecule has 6 heteroatoms. The number of sulfone groups is 1. The smallest absolute Gasteiger partial charge is 0.238 e. The van der Waals surface area contributed by atoms with Crippen molar-refractivity contribution in [2.45, 2.75) is 56.7 Å². The maximum absolute atomic E-state index is 12.4. The Hall–Kier alpha value is -0.620. The van der Waals surface area contributed by atoms with Gasteiger partial charge in [-0.2, -0.15) is 0 Å². The van der Waals surface area contributed by atoms with Crippen LogP contribution in [0.5, 0.6) is 0 Å². The molecule has 0 aromatic heterocycles. The van der Waals surface area contributed by atoms with E-state index in [1.807, 2.05) is 0 Å². The summed E-state index contributed by atoms with van der Waals surface area (Å²) in [7, 11) is -3.29. The van der Waals surface area contributed by atoms with Crippen LogP contribution in [0, 0.1) is 5.92 Å². The first-order valence-electron chi connectivity index (χ1n) is 7.67. The summed E-state index contributed by atoms with van der Waals surface area (Å²) >= 11 is 0. The highest BCUT2D eigenvalue weighted by atomic mass is 32.2. The first-order valence-corrected chi connectivity index (χ1v) is 9.38. The molecule has 1 saturated carbocycles. The number of likely N-dealkylation sites (tertiary alicyclic amines) is 1. The monoisotopic (exact) mass is 302 g/mol. The lowest BCUT2D eigenvalue weighted by Crippen LogP contribution is -2.53. The molecule has 2 fully saturated rings. The summed E-state index contributed by atoms with van der Waals surface area (Å²) in [5.74, 6) is -0.230. The second kappa shape index (κ2) is 6.43. The fourth-order valence-electron chi connectivity index (χ4n) is 3.54. The molecular weight excluding hydrogens is 276 g/mol. The van der Waals surface area contributed by atoms with Crippen LogP contribution in [0.3, 0.4) is 0 Å². The molecule has 2 N–H and O–H groups in total. The molecule has 2 atom stereocenters. The van der Waals surface area contributed by atoms with Gasteiger partial charge in [-0.15, -0.1) is 0 Å². The van der Waals surface area contributed by atoms with Crippen molar-refractivity contribution in [2.75, 3.05) is 18.8 Å². The lowest BCUT2D eigenvalue weighted by Gasteiger charge is -2.39. The van der Waals surface area contributed by atoms with Crippen molar-refractivity contribution >= 4 is 15.7 Å². The highest BCUT2D eigenvalue weighted by Crippen LogP contribution is 2.27. The highest BCUT2D eigenvalue weighted by molar-refractivity contribution is 7.92. The van der Waals surface area contributed by atoms with Gasteiger partial charge in [-0.05, 0) is 31.6 Å². The molecule has 1 aliphatic heterocycles. The molecule has 1 amide bonds.